The SMILES string of the molecule is CC(C)(C)CC(N)C(=O)OCc1ccccc1.Cl. The summed E-state index contributed by atoms with van der Waals surface area (Å²) >= 11 is 0. The number of rotatable bonds is 4. The van der Waals surface area contributed by atoms with Crippen molar-refractivity contribution in [1.29, 1.82) is 0 Å². The van der Waals surface area contributed by atoms with Gasteiger partial charge in [-0.3, -0.25) is 4.79 Å². The van der Waals surface area contributed by atoms with E-state index in [0.29, 0.717) is 6.42 Å². The van der Waals surface area contributed by atoms with Crippen molar-refractivity contribution in [3.05, 3.63) is 35.9 Å². The quantitative estimate of drug-likeness (QED) is 0.857. The third-order valence-corrected chi connectivity index (χ3v) is 2.36. The zero-order valence-corrected chi connectivity index (χ0v) is 12.0. The molecular weight excluding hydrogens is 250 g/mol. The lowest BCUT2D eigenvalue weighted by Gasteiger charge is -2.21. The van der Waals surface area contributed by atoms with Crippen LogP contribution in [-0.4, -0.2) is 12.0 Å². The molecule has 0 aliphatic rings. The largest absolute Gasteiger partial charge is 0.460 e. The number of halogens is 1. The van der Waals surface area contributed by atoms with Crippen molar-refractivity contribution in [3.8, 4) is 0 Å². The smallest absolute Gasteiger partial charge is 0.323 e. The summed E-state index contributed by atoms with van der Waals surface area (Å²) in [7, 11) is 0. The van der Waals surface area contributed by atoms with E-state index in [4.69, 9.17) is 10.5 Å². The second-order valence-electron chi connectivity index (χ2n) is 5.46. The van der Waals surface area contributed by atoms with Crippen molar-refractivity contribution < 1.29 is 9.53 Å². The fourth-order valence-corrected chi connectivity index (χ4v) is 1.58. The Labute approximate surface area is 115 Å². The summed E-state index contributed by atoms with van der Waals surface area (Å²) in [5, 5.41) is 0. The van der Waals surface area contributed by atoms with E-state index in [1.165, 1.54) is 0 Å². The topological polar surface area (TPSA) is 52.3 Å². The van der Waals surface area contributed by atoms with Gasteiger partial charge in [-0.1, -0.05) is 51.1 Å². The van der Waals surface area contributed by atoms with Crippen molar-refractivity contribution in [2.45, 2.75) is 39.8 Å². The van der Waals surface area contributed by atoms with E-state index in [1.807, 2.05) is 30.3 Å². The molecule has 1 aromatic carbocycles. The molecule has 1 aromatic rings. The van der Waals surface area contributed by atoms with Crippen molar-refractivity contribution in [2.24, 2.45) is 11.1 Å². The van der Waals surface area contributed by atoms with Crippen LogP contribution in [0.25, 0.3) is 0 Å². The van der Waals surface area contributed by atoms with Crippen molar-refractivity contribution in [3.63, 3.8) is 0 Å². The monoisotopic (exact) mass is 271 g/mol. The van der Waals surface area contributed by atoms with Gasteiger partial charge >= 0.3 is 5.97 Å². The lowest BCUT2D eigenvalue weighted by Crippen LogP contribution is -2.35. The highest BCUT2D eigenvalue weighted by Gasteiger charge is 2.22. The van der Waals surface area contributed by atoms with Crippen LogP contribution in [0.1, 0.15) is 32.8 Å². The fourth-order valence-electron chi connectivity index (χ4n) is 1.58. The molecule has 0 amide bonds. The van der Waals surface area contributed by atoms with Crippen LogP contribution in [0.4, 0.5) is 0 Å². The molecule has 4 heteroatoms. The molecule has 0 radical (unpaired) electrons. The average molecular weight is 272 g/mol. The van der Waals surface area contributed by atoms with E-state index in [-0.39, 0.29) is 30.4 Å². The number of carbonyl (C=O) groups is 1. The number of hydrogen-bond donors (Lipinski definition) is 1. The van der Waals surface area contributed by atoms with Gasteiger partial charge in [-0.25, -0.2) is 0 Å². The first kappa shape index (κ1) is 16.9. The Morgan fingerprint density at radius 1 is 1.28 bits per heavy atom. The molecule has 1 unspecified atom stereocenters. The lowest BCUT2D eigenvalue weighted by molar-refractivity contribution is -0.147. The normalized spacial score (nSPS) is 12.4. The summed E-state index contributed by atoms with van der Waals surface area (Å²) in [5.74, 6) is -0.330. The molecule has 102 valence electrons. The molecule has 0 spiro atoms. The molecule has 0 heterocycles. The van der Waals surface area contributed by atoms with Crippen molar-refractivity contribution in [1.82, 2.24) is 0 Å². The highest BCUT2D eigenvalue weighted by Crippen LogP contribution is 2.20. The minimum atomic E-state index is -0.543. The van der Waals surface area contributed by atoms with Gasteiger partial charge in [0.05, 0.1) is 0 Å². The molecule has 2 N–H and O–H groups in total. The maximum Gasteiger partial charge on any atom is 0.323 e. The molecule has 0 fully saturated rings. The molecular formula is C14H22ClNO2. The molecule has 1 atom stereocenters. The molecule has 0 aliphatic carbocycles. The van der Waals surface area contributed by atoms with Gasteiger partial charge in [0.15, 0.2) is 0 Å². The first-order chi connectivity index (χ1) is 7.88. The van der Waals surface area contributed by atoms with Crippen LogP contribution in [0, 0.1) is 5.41 Å². The van der Waals surface area contributed by atoms with Crippen LogP contribution in [0.3, 0.4) is 0 Å². The number of nitrogens with two attached hydrogens (primary N) is 1. The Morgan fingerprint density at radius 2 is 1.83 bits per heavy atom. The van der Waals surface area contributed by atoms with Crippen molar-refractivity contribution in [2.75, 3.05) is 0 Å². The zero-order chi connectivity index (χ0) is 12.9. The zero-order valence-electron chi connectivity index (χ0n) is 11.2. The summed E-state index contributed by atoms with van der Waals surface area (Å²) in [4.78, 5) is 11.6. The van der Waals surface area contributed by atoms with Crippen LogP contribution in [0.15, 0.2) is 30.3 Å². The highest BCUT2D eigenvalue weighted by molar-refractivity contribution is 5.85. The van der Waals surface area contributed by atoms with E-state index in [9.17, 15) is 4.79 Å². The molecule has 3 nitrogen and oxygen atoms in total. The fraction of sp³-hybridized carbons (Fsp3) is 0.500. The number of carbonyl (C=O) groups excluding carboxylic acids is 1. The van der Waals surface area contributed by atoms with Crippen molar-refractivity contribution >= 4 is 18.4 Å². The average Bonchev–Trinajstić information content (AvgIpc) is 2.25. The molecule has 0 bridgehead atoms. The summed E-state index contributed by atoms with van der Waals surface area (Å²) in [6.07, 6.45) is 0.626. The minimum Gasteiger partial charge on any atom is -0.460 e. The second kappa shape index (κ2) is 7.39. The second-order valence-corrected chi connectivity index (χ2v) is 5.46. The number of benzene rings is 1. The first-order valence-electron chi connectivity index (χ1n) is 5.84. The Hall–Kier alpha value is -1.06. The van der Waals surface area contributed by atoms with E-state index in [0.717, 1.165) is 5.56 Å². The molecule has 0 aromatic heterocycles. The minimum absolute atomic E-state index is 0. The van der Waals surface area contributed by atoms with Gasteiger partial charge < -0.3 is 10.5 Å². The standard InChI is InChI=1S/C14H21NO2.ClH/c1-14(2,3)9-12(15)13(16)17-10-11-7-5-4-6-8-11;/h4-8,12H,9-10,15H2,1-3H3;1H. The summed E-state index contributed by atoms with van der Waals surface area (Å²) in [6, 6.07) is 9.05. The van der Waals surface area contributed by atoms with E-state index >= 15 is 0 Å². The van der Waals surface area contributed by atoms with E-state index in [2.05, 4.69) is 20.8 Å². The molecule has 1 rings (SSSR count). The molecule has 18 heavy (non-hydrogen) atoms. The Bertz CT molecular complexity index is 360. The number of esters is 1. The predicted octanol–water partition coefficient (Wildman–Crippen LogP) is 2.92. The predicted molar refractivity (Wildman–Crippen MR) is 75.5 cm³/mol. The summed E-state index contributed by atoms with van der Waals surface area (Å²) in [6.45, 7) is 6.45. The Balaban J connectivity index is 0.00000289. The number of ether oxygens (including phenoxy) is 1. The lowest BCUT2D eigenvalue weighted by atomic mass is 9.88. The van der Waals surface area contributed by atoms with Gasteiger partial charge in [-0.2, -0.15) is 0 Å². The highest BCUT2D eigenvalue weighted by atomic mass is 35.5. The summed E-state index contributed by atoms with van der Waals surface area (Å²) in [5.41, 5.74) is 6.80. The first-order valence-corrected chi connectivity index (χ1v) is 5.84. The van der Waals surface area contributed by atoms with Crippen LogP contribution in [0.5, 0.6) is 0 Å². The molecule has 0 saturated carbocycles. The van der Waals surface area contributed by atoms with Crippen LogP contribution in [-0.2, 0) is 16.1 Å². The van der Waals surface area contributed by atoms with E-state index < -0.39 is 6.04 Å². The van der Waals surface area contributed by atoms with Gasteiger partial charge in [0.25, 0.3) is 0 Å². The van der Waals surface area contributed by atoms with Crippen LogP contribution in [0.2, 0.25) is 0 Å². The third kappa shape index (κ3) is 6.62. The Kier molecular flexibility index (Phi) is 6.96. The molecule has 0 saturated heterocycles. The van der Waals surface area contributed by atoms with Gasteiger partial charge in [0.1, 0.15) is 12.6 Å². The maximum absolute atomic E-state index is 11.6. The van der Waals surface area contributed by atoms with Crippen LogP contribution < -0.4 is 5.73 Å². The number of hydrogen-bond acceptors (Lipinski definition) is 3. The maximum atomic E-state index is 11.6. The summed E-state index contributed by atoms with van der Waals surface area (Å²) < 4.78 is 5.17. The Morgan fingerprint density at radius 3 is 2.33 bits per heavy atom. The van der Waals surface area contributed by atoms with E-state index in [1.54, 1.807) is 0 Å². The van der Waals surface area contributed by atoms with Gasteiger partial charge in [0.2, 0.25) is 0 Å². The van der Waals surface area contributed by atoms with Gasteiger partial charge in [0, 0.05) is 0 Å². The molecule has 0 aliphatic heterocycles. The van der Waals surface area contributed by atoms with Gasteiger partial charge in [-0.15, -0.1) is 12.4 Å². The van der Waals surface area contributed by atoms with Gasteiger partial charge in [-0.05, 0) is 17.4 Å². The van der Waals surface area contributed by atoms with Crippen LogP contribution >= 0.6 is 12.4 Å². The third-order valence-electron chi connectivity index (χ3n) is 2.36.